The zero-order valence-corrected chi connectivity index (χ0v) is 16.5. The van der Waals surface area contributed by atoms with E-state index in [1.807, 2.05) is 0 Å². The zero-order valence-electron chi connectivity index (χ0n) is 16.5. The van der Waals surface area contributed by atoms with E-state index in [1.54, 1.807) is 25.1 Å². The van der Waals surface area contributed by atoms with Crippen molar-refractivity contribution in [2.75, 3.05) is 20.8 Å². The van der Waals surface area contributed by atoms with Gasteiger partial charge in [0.15, 0.2) is 18.1 Å². The number of carbonyl (C=O) groups excluding carboxylic acids is 2. The van der Waals surface area contributed by atoms with Crippen LogP contribution in [0.5, 0.6) is 11.5 Å². The van der Waals surface area contributed by atoms with Crippen LogP contribution in [0.1, 0.15) is 30.5 Å². The second kappa shape index (κ2) is 10.4. The highest BCUT2D eigenvalue weighted by Crippen LogP contribution is 2.28. The van der Waals surface area contributed by atoms with Crippen molar-refractivity contribution in [2.45, 2.75) is 25.8 Å². The second-order valence-corrected chi connectivity index (χ2v) is 6.31. The number of rotatable bonds is 9. The smallest absolute Gasteiger partial charge is 0.306 e. The predicted molar refractivity (Wildman–Crippen MR) is 102 cm³/mol. The van der Waals surface area contributed by atoms with Gasteiger partial charge in [0.05, 0.1) is 20.3 Å². The molecule has 29 heavy (non-hydrogen) atoms. The maximum absolute atomic E-state index is 13.7. The molecule has 0 aromatic heterocycles. The molecule has 2 rings (SSSR count). The fourth-order valence-electron chi connectivity index (χ4n) is 2.71. The molecule has 0 spiro atoms. The summed E-state index contributed by atoms with van der Waals surface area (Å²) in [4.78, 5) is 23.8. The summed E-state index contributed by atoms with van der Waals surface area (Å²) in [5, 5.41) is 2.50. The molecule has 0 unspecified atom stereocenters. The van der Waals surface area contributed by atoms with Crippen LogP contribution in [0, 0.1) is 11.6 Å². The molecule has 0 bridgehead atoms. The fourth-order valence-corrected chi connectivity index (χ4v) is 2.71. The quantitative estimate of drug-likeness (QED) is 0.646. The number of benzene rings is 2. The van der Waals surface area contributed by atoms with Crippen LogP contribution < -0.4 is 14.8 Å². The minimum atomic E-state index is -0.760. The van der Waals surface area contributed by atoms with Gasteiger partial charge in [0.1, 0.15) is 11.6 Å². The van der Waals surface area contributed by atoms with E-state index in [1.165, 1.54) is 20.3 Å². The lowest BCUT2D eigenvalue weighted by molar-refractivity contribution is -0.148. The first kappa shape index (κ1) is 22.1. The Morgan fingerprint density at radius 3 is 2.41 bits per heavy atom. The summed E-state index contributed by atoms with van der Waals surface area (Å²) in [5.74, 6) is -1.45. The van der Waals surface area contributed by atoms with Crippen molar-refractivity contribution in [1.29, 1.82) is 0 Å². The summed E-state index contributed by atoms with van der Waals surface area (Å²) in [6, 6.07) is 7.71. The molecule has 0 aliphatic rings. The SMILES string of the molecule is COc1ccc(CCC(=O)OCC(=O)N[C@H](C)c2ccc(F)cc2F)cc1OC. The number of aryl methyl sites for hydroxylation is 1. The summed E-state index contributed by atoms with van der Waals surface area (Å²) in [6.45, 7) is 1.06. The Hall–Kier alpha value is -3.16. The van der Waals surface area contributed by atoms with Gasteiger partial charge in [-0.25, -0.2) is 8.78 Å². The van der Waals surface area contributed by atoms with Gasteiger partial charge in [-0.1, -0.05) is 12.1 Å². The van der Waals surface area contributed by atoms with Gasteiger partial charge >= 0.3 is 5.97 Å². The number of nitrogens with one attached hydrogen (secondary N) is 1. The van der Waals surface area contributed by atoms with Crippen molar-refractivity contribution in [1.82, 2.24) is 5.32 Å². The largest absolute Gasteiger partial charge is 0.493 e. The Morgan fingerprint density at radius 1 is 1.03 bits per heavy atom. The highest BCUT2D eigenvalue weighted by molar-refractivity contribution is 5.80. The number of methoxy groups -OCH3 is 2. The first-order chi connectivity index (χ1) is 13.8. The van der Waals surface area contributed by atoms with Crippen LogP contribution in [0.25, 0.3) is 0 Å². The molecule has 0 radical (unpaired) electrons. The maximum Gasteiger partial charge on any atom is 0.306 e. The second-order valence-electron chi connectivity index (χ2n) is 6.31. The number of hydrogen-bond acceptors (Lipinski definition) is 5. The van der Waals surface area contributed by atoms with Crippen LogP contribution in [-0.2, 0) is 20.7 Å². The highest BCUT2D eigenvalue weighted by atomic mass is 19.1. The Balaban J connectivity index is 1.79. The molecule has 2 aromatic carbocycles. The van der Waals surface area contributed by atoms with E-state index in [0.29, 0.717) is 17.9 Å². The molecule has 1 atom stereocenters. The number of ether oxygens (including phenoxy) is 3. The molecule has 2 aromatic rings. The summed E-state index contributed by atoms with van der Waals surface area (Å²) in [7, 11) is 3.05. The molecule has 0 aliphatic heterocycles. The summed E-state index contributed by atoms with van der Waals surface area (Å²) < 4.78 is 42.0. The number of carbonyl (C=O) groups is 2. The van der Waals surface area contributed by atoms with E-state index in [-0.39, 0.29) is 12.0 Å². The standard InChI is InChI=1S/C21H23F2NO5/c1-13(16-7-6-15(22)11-17(16)23)24-20(25)12-29-21(26)9-5-14-4-8-18(27-2)19(10-14)28-3/h4,6-8,10-11,13H,5,9,12H2,1-3H3,(H,24,25)/t13-/m1/s1. The first-order valence-corrected chi connectivity index (χ1v) is 8.95. The van der Waals surface area contributed by atoms with Crippen molar-refractivity contribution in [3.8, 4) is 11.5 Å². The van der Waals surface area contributed by atoms with Crippen LogP contribution in [0.4, 0.5) is 8.78 Å². The molecule has 156 valence electrons. The van der Waals surface area contributed by atoms with Gasteiger partial charge in [0, 0.05) is 18.1 Å². The van der Waals surface area contributed by atoms with Crippen molar-refractivity contribution >= 4 is 11.9 Å². The molecule has 0 fully saturated rings. The lowest BCUT2D eigenvalue weighted by atomic mass is 10.1. The average Bonchev–Trinajstić information content (AvgIpc) is 2.70. The van der Waals surface area contributed by atoms with E-state index in [9.17, 15) is 18.4 Å². The van der Waals surface area contributed by atoms with Crippen molar-refractivity contribution < 1.29 is 32.6 Å². The van der Waals surface area contributed by atoms with Crippen molar-refractivity contribution in [3.05, 3.63) is 59.2 Å². The predicted octanol–water partition coefficient (Wildman–Crippen LogP) is 3.34. The Labute approximate surface area is 167 Å². The molecule has 0 saturated carbocycles. The molecule has 1 amide bonds. The molecule has 0 aliphatic carbocycles. The number of esters is 1. The van der Waals surface area contributed by atoms with E-state index in [0.717, 1.165) is 17.7 Å². The third-order valence-electron chi connectivity index (χ3n) is 4.24. The minimum absolute atomic E-state index is 0.0743. The van der Waals surface area contributed by atoms with Gasteiger partial charge in [-0.15, -0.1) is 0 Å². The lowest BCUT2D eigenvalue weighted by Crippen LogP contribution is -2.31. The van der Waals surface area contributed by atoms with Crippen LogP contribution in [-0.4, -0.2) is 32.7 Å². The maximum atomic E-state index is 13.7. The number of amides is 1. The highest BCUT2D eigenvalue weighted by Gasteiger charge is 2.16. The van der Waals surface area contributed by atoms with Crippen LogP contribution in [0.3, 0.4) is 0 Å². The van der Waals surface area contributed by atoms with Crippen LogP contribution in [0.2, 0.25) is 0 Å². The average molecular weight is 407 g/mol. The topological polar surface area (TPSA) is 73.9 Å². The molecule has 0 saturated heterocycles. The van der Waals surface area contributed by atoms with Crippen LogP contribution >= 0.6 is 0 Å². The Bertz CT molecular complexity index is 872. The molecule has 0 heterocycles. The zero-order chi connectivity index (χ0) is 21.4. The van der Waals surface area contributed by atoms with Gasteiger partial charge < -0.3 is 19.5 Å². The van der Waals surface area contributed by atoms with Gasteiger partial charge in [-0.05, 0) is 37.1 Å². The molecule has 8 heteroatoms. The fraction of sp³-hybridized carbons (Fsp3) is 0.333. The molecule has 6 nitrogen and oxygen atoms in total. The van der Waals surface area contributed by atoms with Crippen LogP contribution in [0.15, 0.2) is 36.4 Å². The van der Waals surface area contributed by atoms with Crippen molar-refractivity contribution in [3.63, 3.8) is 0 Å². The van der Waals surface area contributed by atoms with Gasteiger partial charge in [-0.2, -0.15) is 0 Å². The Morgan fingerprint density at radius 2 is 1.76 bits per heavy atom. The van der Waals surface area contributed by atoms with E-state index in [2.05, 4.69) is 5.32 Å². The van der Waals surface area contributed by atoms with Gasteiger partial charge in [0.25, 0.3) is 5.91 Å². The van der Waals surface area contributed by atoms with E-state index in [4.69, 9.17) is 14.2 Å². The normalized spacial score (nSPS) is 11.5. The number of hydrogen-bond donors (Lipinski definition) is 1. The minimum Gasteiger partial charge on any atom is -0.493 e. The summed E-state index contributed by atoms with van der Waals surface area (Å²) >= 11 is 0. The molecule has 1 N–H and O–H groups in total. The van der Waals surface area contributed by atoms with Crippen molar-refractivity contribution in [2.24, 2.45) is 0 Å². The first-order valence-electron chi connectivity index (χ1n) is 8.95. The monoisotopic (exact) mass is 407 g/mol. The third kappa shape index (κ3) is 6.44. The number of halogens is 2. The molecular formula is C21H23F2NO5. The van der Waals surface area contributed by atoms with E-state index >= 15 is 0 Å². The van der Waals surface area contributed by atoms with E-state index < -0.39 is 36.2 Å². The lowest BCUT2D eigenvalue weighted by Gasteiger charge is -2.15. The van der Waals surface area contributed by atoms with Gasteiger partial charge in [0.2, 0.25) is 0 Å². The summed E-state index contributed by atoms with van der Waals surface area (Å²) in [6.07, 6.45) is 0.475. The summed E-state index contributed by atoms with van der Waals surface area (Å²) in [5.41, 5.74) is 0.990. The third-order valence-corrected chi connectivity index (χ3v) is 4.24. The molecular weight excluding hydrogens is 384 g/mol. The van der Waals surface area contributed by atoms with Gasteiger partial charge in [-0.3, -0.25) is 9.59 Å². The Kier molecular flexibility index (Phi) is 7.94.